The molecule has 0 saturated carbocycles. The predicted octanol–water partition coefficient (Wildman–Crippen LogP) is 7.06. The van der Waals surface area contributed by atoms with Gasteiger partial charge in [-0.15, -0.1) is 0 Å². The zero-order chi connectivity index (χ0) is 20.3. The van der Waals surface area contributed by atoms with Gasteiger partial charge in [-0.2, -0.15) is 0 Å². The summed E-state index contributed by atoms with van der Waals surface area (Å²) >= 11 is 0. The van der Waals surface area contributed by atoms with Crippen LogP contribution in [0.2, 0.25) is 0 Å². The Balaban J connectivity index is 2.12. The predicted molar refractivity (Wildman–Crippen MR) is 122 cm³/mol. The van der Waals surface area contributed by atoms with E-state index in [0.29, 0.717) is 0 Å². The Morgan fingerprint density at radius 2 is 1.11 bits per heavy atom. The highest BCUT2D eigenvalue weighted by Gasteiger charge is 2.08. The quantitative estimate of drug-likeness (QED) is 0.440. The molecule has 0 aromatic heterocycles. The molecule has 0 fully saturated rings. The molecule has 2 nitrogen and oxygen atoms in total. The maximum absolute atomic E-state index is 5.03. The monoisotopic (exact) mass is 368 g/mol. The van der Waals surface area contributed by atoms with Crippen LogP contribution in [0.15, 0.2) is 64.6 Å². The third kappa shape index (κ3) is 4.45. The second-order valence-corrected chi connectivity index (χ2v) is 7.62. The summed E-state index contributed by atoms with van der Waals surface area (Å²) in [5.74, 6) is 0. The first-order chi connectivity index (χ1) is 13.3. The second-order valence-electron chi connectivity index (χ2n) is 7.62. The molecule has 0 spiro atoms. The molecule has 0 aliphatic rings. The topological polar surface area (TPSA) is 24.7 Å². The minimum Gasteiger partial charge on any atom is -0.254 e. The minimum atomic E-state index is 0.870. The fourth-order valence-corrected chi connectivity index (χ4v) is 3.75. The van der Waals surface area contributed by atoms with E-state index in [2.05, 4.69) is 77.9 Å². The summed E-state index contributed by atoms with van der Waals surface area (Å²) in [7, 11) is 0. The molecule has 142 valence electrons. The van der Waals surface area contributed by atoms with Crippen molar-refractivity contribution in [1.29, 1.82) is 0 Å². The SMILES string of the molecule is Cc1cc(C)c(/N=C/C(=N/c2c(C)cc(C)cc2C)c2ccccc2)c(C)c1. The van der Waals surface area contributed by atoms with Gasteiger partial charge in [-0.25, -0.2) is 4.99 Å². The third-order valence-corrected chi connectivity index (χ3v) is 4.89. The lowest BCUT2D eigenvalue weighted by Gasteiger charge is -2.10. The molecule has 0 bridgehead atoms. The average Bonchev–Trinajstić information content (AvgIpc) is 2.62. The van der Waals surface area contributed by atoms with Crippen LogP contribution in [-0.4, -0.2) is 11.9 Å². The number of aliphatic imine (C=N–C) groups is 2. The van der Waals surface area contributed by atoms with Crippen LogP contribution in [0.3, 0.4) is 0 Å². The van der Waals surface area contributed by atoms with E-state index < -0.39 is 0 Å². The van der Waals surface area contributed by atoms with Crippen molar-refractivity contribution in [2.45, 2.75) is 41.5 Å². The summed E-state index contributed by atoms with van der Waals surface area (Å²) in [4.78, 5) is 9.87. The van der Waals surface area contributed by atoms with E-state index in [9.17, 15) is 0 Å². The molecule has 0 aliphatic heterocycles. The Labute approximate surface area is 168 Å². The fourth-order valence-electron chi connectivity index (χ4n) is 3.75. The summed E-state index contributed by atoms with van der Waals surface area (Å²) in [5, 5.41) is 0. The van der Waals surface area contributed by atoms with Crippen molar-refractivity contribution in [3.05, 3.63) is 93.5 Å². The molecule has 3 aromatic carbocycles. The van der Waals surface area contributed by atoms with Gasteiger partial charge in [0.2, 0.25) is 0 Å². The van der Waals surface area contributed by atoms with E-state index in [1.54, 1.807) is 0 Å². The Kier molecular flexibility index (Phi) is 5.89. The summed E-state index contributed by atoms with van der Waals surface area (Å²) in [6, 6.07) is 19.0. The van der Waals surface area contributed by atoms with Gasteiger partial charge >= 0.3 is 0 Å². The van der Waals surface area contributed by atoms with Crippen LogP contribution in [0.5, 0.6) is 0 Å². The highest BCUT2D eigenvalue weighted by molar-refractivity contribution is 6.39. The van der Waals surface area contributed by atoms with Gasteiger partial charge in [-0.1, -0.05) is 65.7 Å². The molecule has 2 heteroatoms. The first-order valence-electron chi connectivity index (χ1n) is 9.69. The van der Waals surface area contributed by atoms with Crippen LogP contribution in [0.4, 0.5) is 11.4 Å². The highest BCUT2D eigenvalue weighted by atomic mass is 14.8. The Bertz CT molecular complexity index is 1010. The average molecular weight is 369 g/mol. The van der Waals surface area contributed by atoms with Gasteiger partial charge in [0.05, 0.1) is 23.3 Å². The lowest BCUT2D eigenvalue weighted by molar-refractivity contribution is 1.28. The number of rotatable bonds is 4. The zero-order valence-corrected chi connectivity index (χ0v) is 17.7. The molecule has 0 amide bonds. The van der Waals surface area contributed by atoms with Crippen LogP contribution in [0, 0.1) is 41.5 Å². The summed E-state index contributed by atoms with van der Waals surface area (Å²) in [5.41, 5.74) is 11.2. The Hall–Kier alpha value is -3.00. The van der Waals surface area contributed by atoms with Crippen LogP contribution in [-0.2, 0) is 0 Å². The van der Waals surface area contributed by atoms with Gasteiger partial charge in [0, 0.05) is 5.56 Å². The van der Waals surface area contributed by atoms with Gasteiger partial charge in [-0.05, 0) is 63.8 Å². The molecular weight excluding hydrogens is 340 g/mol. The van der Waals surface area contributed by atoms with Gasteiger partial charge in [0.25, 0.3) is 0 Å². The van der Waals surface area contributed by atoms with Crippen molar-refractivity contribution < 1.29 is 0 Å². The van der Waals surface area contributed by atoms with E-state index in [4.69, 9.17) is 9.98 Å². The fraction of sp³-hybridized carbons (Fsp3) is 0.231. The van der Waals surface area contributed by atoms with Gasteiger partial charge in [0.1, 0.15) is 0 Å². The van der Waals surface area contributed by atoms with E-state index in [-0.39, 0.29) is 0 Å². The lowest BCUT2D eigenvalue weighted by Crippen LogP contribution is -2.03. The van der Waals surface area contributed by atoms with E-state index in [1.165, 1.54) is 33.4 Å². The first-order valence-corrected chi connectivity index (χ1v) is 9.69. The summed E-state index contributed by atoms with van der Waals surface area (Å²) in [6.45, 7) is 12.7. The number of benzene rings is 3. The molecule has 3 rings (SSSR count). The van der Waals surface area contributed by atoms with Crippen LogP contribution in [0.25, 0.3) is 0 Å². The van der Waals surface area contributed by atoms with Crippen LogP contribution >= 0.6 is 0 Å². The van der Waals surface area contributed by atoms with Crippen molar-refractivity contribution in [3.63, 3.8) is 0 Å². The van der Waals surface area contributed by atoms with Gasteiger partial charge in [-0.3, -0.25) is 4.99 Å². The maximum Gasteiger partial charge on any atom is 0.0892 e. The molecule has 28 heavy (non-hydrogen) atoms. The molecule has 0 unspecified atom stereocenters. The molecule has 0 heterocycles. The maximum atomic E-state index is 5.03. The zero-order valence-electron chi connectivity index (χ0n) is 17.7. The molecule has 0 atom stereocenters. The molecule has 0 saturated heterocycles. The van der Waals surface area contributed by atoms with E-state index in [0.717, 1.165) is 22.6 Å². The molecular formula is C26H28N2. The third-order valence-electron chi connectivity index (χ3n) is 4.89. The Morgan fingerprint density at radius 3 is 1.61 bits per heavy atom. The highest BCUT2D eigenvalue weighted by Crippen LogP contribution is 2.27. The molecule has 0 N–H and O–H groups in total. The van der Waals surface area contributed by atoms with Crippen molar-refractivity contribution in [1.82, 2.24) is 0 Å². The first kappa shape index (κ1) is 19.8. The van der Waals surface area contributed by atoms with Crippen molar-refractivity contribution in [2.24, 2.45) is 9.98 Å². The van der Waals surface area contributed by atoms with Crippen molar-refractivity contribution >= 4 is 23.3 Å². The summed E-state index contributed by atoms with van der Waals surface area (Å²) < 4.78 is 0. The molecule has 0 radical (unpaired) electrons. The van der Waals surface area contributed by atoms with Crippen molar-refractivity contribution in [3.8, 4) is 0 Å². The van der Waals surface area contributed by atoms with E-state index in [1.807, 2.05) is 24.4 Å². The largest absolute Gasteiger partial charge is 0.254 e. The lowest BCUT2D eigenvalue weighted by atomic mass is 10.0. The van der Waals surface area contributed by atoms with Crippen LogP contribution in [0.1, 0.15) is 38.9 Å². The van der Waals surface area contributed by atoms with Gasteiger partial charge in [0.15, 0.2) is 0 Å². The standard InChI is InChI=1S/C26H28N2/c1-17-12-19(3)25(20(4)13-17)27-16-24(23-10-8-7-9-11-23)28-26-21(5)14-18(2)15-22(26)6/h7-16H,1-6H3/b27-16+,28-24-. The molecule has 3 aromatic rings. The number of hydrogen-bond acceptors (Lipinski definition) is 2. The van der Waals surface area contributed by atoms with Gasteiger partial charge < -0.3 is 0 Å². The van der Waals surface area contributed by atoms with Crippen molar-refractivity contribution in [2.75, 3.05) is 0 Å². The Morgan fingerprint density at radius 1 is 0.643 bits per heavy atom. The number of hydrogen-bond donors (Lipinski definition) is 0. The summed E-state index contributed by atoms with van der Waals surface area (Å²) in [6.07, 6.45) is 1.90. The second kappa shape index (κ2) is 8.35. The minimum absolute atomic E-state index is 0.870. The normalized spacial score (nSPS) is 12.0. The molecule has 0 aliphatic carbocycles. The van der Waals surface area contributed by atoms with E-state index >= 15 is 0 Å². The smallest absolute Gasteiger partial charge is 0.0892 e. The van der Waals surface area contributed by atoms with Crippen LogP contribution < -0.4 is 0 Å². The number of nitrogens with zero attached hydrogens (tertiary/aromatic N) is 2. The number of aryl methyl sites for hydroxylation is 6.